The molecule has 0 atom stereocenters. The van der Waals surface area contributed by atoms with Crippen molar-refractivity contribution in [3.05, 3.63) is 34.9 Å². The molecule has 1 N–H and O–H groups in total. The van der Waals surface area contributed by atoms with Crippen LogP contribution in [0.25, 0.3) is 0 Å². The fourth-order valence-electron chi connectivity index (χ4n) is 1.15. The summed E-state index contributed by atoms with van der Waals surface area (Å²) in [6, 6.07) is 2.76. The van der Waals surface area contributed by atoms with Crippen LogP contribution in [0.4, 0.5) is 13.2 Å². The number of halogens is 3. The van der Waals surface area contributed by atoms with E-state index in [0.29, 0.717) is 6.07 Å². The maximum absolute atomic E-state index is 12.4. The fourth-order valence-corrected chi connectivity index (χ4v) is 1.15. The zero-order valence-electron chi connectivity index (χ0n) is 7.51. The number of benzene rings is 1. The molecule has 0 heterocycles. The number of hydrogen-bond donors (Lipinski definition) is 1. The van der Waals surface area contributed by atoms with E-state index < -0.39 is 23.3 Å². The maximum atomic E-state index is 12.4. The molecule has 0 saturated carbocycles. The Morgan fingerprint density at radius 3 is 2.40 bits per heavy atom. The summed E-state index contributed by atoms with van der Waals surface area (Å²) in [5.41, 5.74) is -1.52. The predicted octanol–water partition coefficient (Wildman–Crippen LogP) is 2.07. The first-order chi connectivity index (χ1) is 6.86. The largest absolute Gasteiger partial charge is 0.478 e. The van der Waals surface area contributed by atoms with E-state index in [1.807, 2.05) is 0 Å². The van der Waals surface area contributed by atoms with Gasteiger partial charge >= 0.3 is 12.1 Å². The lowest BCUT2D eigenvalue weighted by Gasteiger charge is -2.12. The zero-order valence-corrected chi connectivity index (χ0v) is 7.51. The van der Waals surface area contributed by atoms with Crippen molar-refractivity contribution >= 4 is 13.8 Å². The van der Waals surface area contributed by atoms with Gasteiger partial charge in [0.15, 0.2) is 0 Å². The van der Waals surface area contributed by atoms with Crippen LogP contribution in [0.3, 0.4) is 0 Å². The van der Waals surface area contributed by atoms with Gasteiger partial charge in [-0.25, -0.2) is 4.79 Å². The first kappa shape index (κ1) is 11.6. The molecule has 2 radical (unpaired) electrons. The third-order valence-corrected chi connectivity index (χ3v) is 1.88. The molecule has 0 saturated heterocycles. The van der Waals surface area contributed by atoms with E-state index in [0.717, 1.165) is 12.1 Å². The molecule has 1 aromatic carbocycles. The molecule has 1 rings (SSSR count). The van der Waals surface area contributed by atoms with Gasteiger partial charge in [-0.05, 0) is 17.7 Å². The summed E-state index contributed by atoms with van der Waals surface area (Å²) in [5.74, 6) is -1.40. The number of carbonyl (C=O) groups is 1. The molecule has 2 nitrogen and oxygen atoms in total. The van der Waals surface area contributed by atoms with Crippen LogP contribution in [-0.2, 0) is 12.5 Å². The smallest absolute Gasteiger partial charge is 0.416 e. The summed E-state index contributed by atoms with van der Waals surface area (Å²) in [6.45, 7) is 0. The molecule has 0 aromatic heterocycles. The quantitative estimate of drug-likeness (QED) is 0.765. The van der Waals surface area contributed by atoms with Crippen molar-refractivity contribution in [2.75, 3.05) is 0 Å². The van der Waals surface area contributed by atoms with Crippen LogP contribution >= 0.6 is 0 Å². The highest BCUT2D eigenvalue weighted by Crippen LogP contribution is 2.32. The Labute approximate surface area is 85.1 Å². The summed E-state index contributed by atoms with van der Waals surface area (Å²) < 4.78 is 37.3. The van der Waals surface area contributed by atoms with Gasteiger partial charge in [0.2, 0.25) is 0 Å². The molecule has 0 bridgehead atoms. The van der Waals surface area contributed by atoms with Crippen LogP contribution in [0.5, 0.6) is 0 Å². The van der Waals surface area contributed by atoms with E-state index in [-0.39, 0.29) is 11.9 Å². The SMILES string of the molecule is [B]Cc1ccc(C(=O)O)cc1C(F)(F)F. The third kappa shape index (κ3) is 2.52. The van der Waals surface area contributed by atoms with Gasteiger partial charge in [-0.1, -0.05) is 12.4 Å². The molecular weight excluding hydrogens is 208 g/mol. The van der Waals surface area contributed by atoms with E-state index >= 15 is 0 Å². The highest BCUT2D eigenvalue weighted by molar-refractivity contribution is 6.08. The number of alkyl halides is 3. The molecular formula is C9H6BF3O2. The van der Waals surface area contributed by atoms with Gasteiger partial charge < -0.3 is 5.11 Å². The van der Waals surface area contributed by atoms with Gasteiger partial charge in [-0.15, -0.1) is 0 Å². The lowest BCUT2D eigenvalue weighted by atomic mass is 9.91. The van der Waals surface area contributed by atoms with Gasteiger partial charge in [0, 0.05) is 0 Å². The number of rotatable bonds is 2. The normalized spacial score (nSPS) is 11.4. The fraction of sp³-hybridized carbons (Fsp3) is 0.222. The van der Waals surface area contributed by atoms with Gasteiger partial charge in [0.05, 0.1) is 19.0 Å². The van der Waals surface area contributed by atoms with Crippen molar-refractivity contribution in [3.63, 3.8) is 0 Å². The van der Waals surface area contributed by atoms with Crippen LogP contribution in [-0.4, -0.2) is 18.9 Å². The van der Waals surface area contributed by atoms with Gasteiger partial charge in [-0.2, -0.15) is 13.2 Å². The van der Waals surface area contributed by atoms with Gasteiger partial charge in [0.25, 0.3) is 0 Å². The number of carboxylic acids is 1. The minimum absolute atomic E-state index is 0.118. The van der Waals surface area contributed by atoms with Crippen LogP contribution in [0.1, 0.15) is 21.5 Å². The predicted molar refractivity (Wildman–Crippen MR) is 47.9 cm³/mol. The molecule has 6 heteroatoms. The van der Waals surface area contributed by atoms with Gasteiger partial charge in [-0.3, -0.25) is 0 Å². The molecule has 78 valence electrons. The topological polar surface area (TPSA) is 37.3 Å². The summed E-state index contributed by atoms with van der Waals surface area (Å²) in [7, 11) is 5.13. The van der Waals surface area contributed by atoms with E-state index in [9.17, 15) is 18.0 Å². The molecule has 0 unspecified atom stereocenters. The highest BCUT2D eigenvalue weighted by atomic mass is 19.4. The van der Waals surface area contributed by atoms with Crippen molar-refractivity contribution < 1.29 is 23.1 Å². The van der Waals surface area contributed by atoms with E-state index in [1.165, 1.54) is 0 Å². The first-order valence-electron chi connectivity index (χ1n) is 3.99. The Kier molecular flexibility index (Phi) is 3.07. The van der Waals surface area contributed by atoms with Crippen LogP contribution < -0.4 is 0 Å². The minimum Gasteiger partial charge on any atom is -0.478 e. The lowest BCUT2D eigenvalue weighted by molar-refractivity contribution is -0.138. The summed E-state index contributed by atoms with van der Waals surface area (Å²) in [6.07, 6.45) is -4.87. The molecule has 0 fully saturated rings. The van der Waals surface area contributed by atoms with Crippen molar-refractivity contribution in [2.45, 2.75) is 12.5 Å². The van der Waals surface area contributed by atoms with E-state index in [1.54, 1.807) is 0 Å². The summed E-state index contributed by atoms with van der Waals surface area (Å²) in [4.78, 5) is 10.5. The monoisotopic (exact) mass is 214 g/mol. The standard InChI is InChI=1S/C9H6BF3O2/c10-4-6-2-1-5(8(14)15)3-7(6)9(11,12)13/h1-3H,4H2,(H,14,15). The van der Waals surface area contributed by atoms with Crippen molar-refractivity contribution in [3.8, 4) is 0 Å². The Hall–Kier alpha value is -1.46. The first-order valence-corrected chi connectivity index (χ1v) is 3.99. The molecule has 0 aliphatic rings. The van der Waals surface area contributed by atoms with Crippen LogP contribution in [0.2, 0.25) is 0 Å². The van der Waals surface area contributed by atoms with Crippen molar-refractivity contribution in [1.29, 1.82) is 0 Å². The average molecular weight is 214 g/mol. The minimum atomic E-state index is -4.58. The second-order valence-electron chi connectivity index (χ2n) is 2.88. The second-order valence-corrected chi connectivity index (χ2v) is 2.88. The van der Waals surface area contributed by atoms with Crippen molar-refractivity contribution in [2.24, 2.45) is 0 Å². The van der Waals surface area contributed by atoms with E-state index in [4.69, 9.17) is 13.0 Å². The summed E-state index contributed by atoms with van der Waals surface area (Å²) >= 11 is 0. The third-order valence-electron chi connectivity index (χ3n) is 1.88. The Morgan fingerprint density at radius 1 is 1.40 bits per heavy atom. The Bertz CT molecular complexity index is 387. The summed E-state index contributed by atoms with van der Waals surface area (Å²) in [5, 5.41) is 8.54. The number of aromatic carboxylic acids is 1. The average Bonchev–Trinajstić information content (AvgIpc) is 2.15. The molecule has 0 aliphatic heterocycles. The van der Waals surface area contributed by atoms with Crippen LogP contribution in [0, 0.1) is 0 Å². The lowest BCUT2D eigenvalue weighted by Crippen LogP contribution is -2.11. The highest BCUT2D eigenvalue weighted by Gasteiger charge is 2.33. The Morgan fingerprint density at radius 2 is 2.00 bits per heavy atom. The molecule has 0 amide bonds. The van der Waals surface area contributed by atoms with Gasteiger partial charge in [0.1, 0.15) is 0 Å². The maximum Gasteiger partial charge on any atom is 0.416 e. The molecule has 15 heavy (non-hydrogen) atoms. The van der Waals surface area contributed by atoms with Crippen LogP contribution in [0.15, 0.2) is 18.2 Å². The zero-order chi connectivity index (χ0) is 11.6. The molecule has 1 aromatic rings. The number of hydrogen-bond acceptors (Lipinski definition) is 1. The Balaban J connectivity index is 3.32. The number of carboxylic acid groups (broad SMARTS) is 1. The van der Waals surface area contributed by atoms with Crippen molar-refractivity contribution in [1.82, 2.24) is 0 Å². The van der Waals surface area contributed by atoms with E-state index in [2.05, 4.69) is 0 Å². The second kappa shape index (κ2) is 3.96. The molecule has 0 aliphatic carbocycles. The molecule has 0 spiro atoms.